The zero-order valence-electron chi connectivity index (χ0n) is 10.3. The van der Waals surface area contributed by atoms with E-state index in [2.05, 4.69) is 0 Å². The van der Waals surface area contributed by atoms with Gasteiger partial charge in [-0.05, 0) is 23.1 Å². The van der Waals surface area contributed by atoms with Gasteiger partial charge in [-0.3, -0.25) is 0 Å². The van der Waals surface area contributed by atoms with E-state index in [1.165, 1.54) is 0 Å². The van der Waals surface area contributed by atoms with Crippen molar-refractivity contribution in [1.29, 1.82) is 0 Å². The van der Waals surface area contributed by atoms with Crippen molar-refractivity contribution < 1.29 is 14.9 Å². The Labute approximate surface area is 96.7 Å². The molecule has 0 saturated heterocycles. The van der Waals surface area contributed by atoms with Crippen LogP contribution in [0.1, 0.15) is 32.4 Å². The van der Waals surface area contributed by atoms with Crippen LogP contribution in [0.25, 0.3) is 0 Å². The second-order valence-corrected chi connectivity index (χ2v) is 5.03. The van der Waals surface area contributed by atoms with Crippen LogP contribution in [0.4, 0.5) is 0 Å². The molecular formula is C13H20O3. The molecule has 1 aromatic rings. The summed E-state index contributed by atoms with van der Waals surface area (Å²) in [4.78, 5) is 0. The summed E-state index contributed by atoms with van der Waals surface area (Å²) < 4.78 is 5.08. The zero-order valence-corrected chi connectivity index (χ0v) is 10.3. The van der Waals surface area contributed by atoms with E-state index in [1.54, 1.807) is 31.4 Å². The molecule has 0 bridgehead atoms. The average Bonchev–Trinajstić information content (AvgIpc) is 2.26. The summed E-state index contributed by atoms with van der Waals surface area (Å²) in [5, 5.41) is 20.0. The maximum atomic E-state index is 10.0. The lowest BCUT2D eigenvalue weighted by atomic mass is 9.83. The fourth-order valence-electron chi connectivity index (χ4n) is 1.48. The second-order valence-electron chi connectivity index (χ2n) is 5.03. The highest BCUT2D eigenvalue weighted by molar-refractivity contribution is 5.30. The van der Waals surface area contributed by atoms with Crippen molar-refractivity contribution in [2.24, 2.45) is 5.41 Å². The van der Waals surface area contributed by atoms with Crippen molar-refractivity contribution in [3.63, 3.8) is 0 Å². The monoisotopic (exact) mass is 224 g/mol. The largest absolute Gasteiger partial charge is 0.497 e. The van der Waals surface area contributed by atoms with Crippen molar-refractivity contribution in [3.8, 4) is 5.75 Å². The standard InChI is InChI=1S/C13H20O3/c1-13(2,3)12(15)11(14)9-6-5-7-10(8-9)16-4/h5-8,11-12,14-15H,1-4H3. The first-order valence-corrected chi connectivity index (χ1v) is 5.36. The number of hydrogen-bond acceptors (Lipinski definition) is 3. The summed E-state index contributed by atoms with van der Waals surface area (Å²) in [5.74, 6) is 0.678. The summed E-state index contributed by atoms with van der Waals surface area (Å²) in [5.41, 5.74) is 0.310. The normalized spacial score (nSPS) is 15.6. The van der Waals surface area contributed by atoms with E-state index >= 15 is 0 Å². The number of aliphatic hydroxyl groups is 2. The summed E-state index contributed by atoms with van der Waals surface area (Å²) >= 11 is 0. The van der Waals surface area contributed by atoms with Gasteiger partial charge >= 0.3 is 0 Å². The van der Waals surface area contributed by atoms with E-state index < -0.39 is 12.2 Å². The highest BCUT2D eigenvalue weighted by Gasteiger charge is 2.30. The van der Waals surface area contributed by atoms with Crippen LogP contribution in [0.15, 0.2) is 24.3 Å². The molecule has 2 N–H and O–H groups in total. The Balaban J connectivity index is 2.91. The van der Waals surface area contributed by atoms with Crippen LogP contribution in [0.5, 0.6) is 5.75 Å². The first-order chi connectivity index (χ1) is 7.36. The predicted octanol–water partition coefficient (Wildman–Crippen LogP) is 2.14. The van der Waals surface area contributed by atoms with Crippen molar-refractivity contribution in [2.75, 3.05) is 7.11 Å². The Bertz CT molecular complexity index is 341. The first kappa shape index (κ1) is 13.0. The molecule has 0 aliphatic heterocycles. The van der Waals surface area contributed by atoms with Crippen molar-refractivity contribution >= 4 is 0 Å². The fourth-order valence-corrected chi connectivity index (χ4v) is 1.48. The van der Waals surface area contributed by atoms with E-state index in [1.807, 2.05) is 20.8 Å². The number of benzene rings is 1. The lowest BCUT2D eigenvalue weighted by molar-refractivity contribution is -0.0459. The van der Waals surface area contributed by atoms with Gasteiger partial charge in [-0.25, -0.2) is 0 Å². The summed E-state index contributed by atoms with van der Waals surface area (Å²) in [6.45, 7) is 5.67. The molecule has 0 amide bonds. The van der Waals surface area contributed by atoms with Gasteiger partial charge in [-0.1, -0.05) is 32.9 Å². The molecule has 0 radical (unpaired) electrons. The molecule has 0 aliphatic carbocycles. The van der Waals surface area contributed by atoms with Crippen molar-refractivity contribution in [3.05, 3.63) is 29.8 Å². The van der Waals surface area contributed by atoms with Gasteiger partial charge in [0.2, 0.25) is 0 Å². The number of aliphatic hydroxyl groups excluding tert-OH is 2. The molecular weight excluding hydrogens is 204 g/mol. The van der Waals surface area contributed by atoms with Gasteiger partial charge in [0.25, 0.3) is 0 Å². The minimum absolute atomic E-state index is 0.359. The third-order valence-corrected chi connectivity index (χ3v) is 2.62. The maximum absolute atomic E-state index is 10.0. The molecule has 0 heterocycles. The van der Waals surface area contributed by atoms with Crippen LogP contribution < -0.4 is 4.74 Å². The molecule has 0 fully saturated rings. The quantitative estimate of drug-likeness (QED) is 0.827. The molecule has 0 aliphatic rings. The Morgan fingerprint density at radius 1 is 1.19 bits per heavy atom. The van der Waals surface area contributed by atoms with Gasteiger partial charge in [-0.15, -0.1) is 0 Å². The number of hydrogen-bond donors (Lipinski definition) is 2. The van der Waals surface area contributed by atoms with E-state index in [9.17, 15) is 10.2 Å². The fraction of sp³-hybridized carbons (Fsp3) is 0.538. The topological polar surface area (TPSA) is 49.7 Å². The number of methoxy groups -OCH3 is 1. The first-order valence-electron chi connectivity index (χ1n) is 5.36. The lowest BCUT2D eigenvalue weighted by Gasteiger charge is -2.30. The maximum Gasteiger partial charge on any atom is 0.119 e. The Kier molecular flexibility index (Phi) is 3.94. The summed E-state index contributed by atoms with van der Waals surface area (Å²) in [6.07, 6.45) is -1.70. The van der Waals surface area contributed by atoms with Gasteiger partial charge in [-0.2, -0.15) is 0 Å². The molecule has 16 heavy (non-hydrogen) atoms. The van der Waals surface area contributed by atoms with E-state index in [0.717, 1.165) is 0 Å². The second kappa shape index (κ2) is 4.85. The van der Waals surface area contributed by atoms with Crippen LogP contribution in [0, 0.1) is 5.41 Å². The Hall–Kier alpha value is -1.06. The highest BCUT2D eigenvalue weighted by Crippen LogP contribution is 2.31. The van der Waals surface area contributed by atoms with Crippen LogP contribution in [0.3, 0.4) is 0 Å². The van der Waals surface area contributed by atoms with Gasteiger partial charge in [0, 0.05) is 0 Å². The van der Waals surface area contributed by atoms with Gasteiger partial charge in [0.1, 0.15) is 11.9 Å². The van der Waals surface area contributed by atoms with E-state index in [-0.39, 0.29) is 5.41 Å². The van der Waals surface area contributed by atoms with E-state index in [4.69, 9.17) is 4.74 Å². The van der Waals surface area contributed by atoms with Crippen LogP contribution in [-0.4, -0.2) is 23.4 Å². The van der Waals surface area contributed by atoms with Crippen LogP contribution in [0.2, 0.25) is 0 Å². The van der Waals surface area contributed by atoms with E-state index in [0.29, 0.717) is 11.3 Å². The number of ether oxygens (including phenoxy) is 1. The van der Waals surface area contributed by atoms with Crippen LogP contribution >= 0.6 is 0 Å². The minimum Gasteiger partial charge on any atom is -0.497 e. The lowest BCUT2D eigenvalue weighted by Crippen LogP contribution is -2.32. The number of rotatable bonds is 3. The smallest absolute Gasteiger partial charge is 0.119 e. The summed E-state index contributed by atoms with van der Waals surface area (Å²) in [7, 11) is 1.58. The minimum atomic E-state index is -0.893. The molecule has 1 rings (SSSR count). The average molecular weight is 224 g/mol. The van der Waals surface area contributed by atoms with Gasteiger partial charge < -0.3 is 14.9 Å². The molecule has 2 atom stereocenters. The zero-order chi connectivity index (χ0) is 12.3. The molecule has 0 spiro atoms. The summed E-state index contributed by atoms with van der Waals surface area (Å²) in [6, 6.07) is 7.12. The predicted molar refractivity (Wildman–Crippen MR) is 63.4 cm³/mol. The van der Waals surface area contributed by atoms with Crippen molar-refractivity contribution in [2.45, 2.75) is 33.0 Å². The van der Waals surface area contributed by atoms with Gasteiger partial charge in [0.05, 0.1) is 13.2 Å². The molecule has 3 heteroatoms. The molecule has 1 aromatic carbocycles. The molecule has 0 saturated carbocycles. The van der Waals surface area contributed by atoms with Crippen LogP contribution in [-0.2, 0) is 0 Å². The third kappa shape index (κ3) is 2.97. The molecule has 0 aromatic heterocycles. The van der Waals surface area contributed by atoms with Gasteiger partial charge in [0.15, 0.2) is 0 Å². The van der Waals surface area contributed by atoms with Crippen molar-refractivity contribution in [1.82, 2.24) is 0 Å². The molecule has 90 valence electrons. The Morgan fingerprint density at radius 2 is 1.81 bits per heavy atom. The Morgan fingerprint density at radius 3 is 2.31 bits per heavy atom. The molecule has 2 unspecified atom stereocenters. The molecule has 3 nitrogen and oxygen atoms in total. The SMILES string of the molecule is COc1cccc(C(O)C(O)C(C)(C)C)c1. The highest BCUT2D eigenvalue weighted by atomic mass is 16.5. The third-order valence-electron chi connectivity index (χ3n) is 2.62.